The highest BCUT2D eigenvalue weighted by Gasteiger charge is 2.27. The van der Waals surface area contributed by atoms with Crippen molar-refractivity contribution in [3.05, 3.63) is 78.4 Å². The minimum absolute atomic E-state index is 0.0592. The minimum Gasteiger partial charge on any atom is -0.506 e. The van der Waals surface area contributed by atoms with Gasteiger partial charge in [-0.2, -0.15) is 0 Å². The number of carbonyl (C=O) groups excluding carboxylic acids is 1. The Kier molecular flexibility index (Phi) is 5.65. The van der Waals surface area contributed by atoms with E-state index in [-0.39, 0.29) is 17.6 Å². The summed E-state index contributed by atoms with van der Waals surface area (Å²) < 4.78 is 0. The highest BCUT2D eigenvalue weighted by molar-refractivity contribution is 5.95. The largest absolute Gasteiger partial charge is 0.506 e. The molecule has 6 nitrogen and oxygen atoms in total. The summed E-state index contributed by atoms with van der Waals surface area (Å²) >= 11 is 0. The summed E-state index contributed by atoms with van der Waals surface area (Å²) in [7, 11) is 0. The number of benzene rings is 3. The van der Waals surface area contributed by atoms with E-state index in [1.165, 1.54) is 5.56 Å². The van der Waals surface area contributed by atoms with Crippen molar-refractivity contribution in [3.8, 4) is 17.0 Å². The number of phenols is 1. The number of amides is 1. The second-order valence-electron chi connectivity index (χ2n) is 8.53. The van der Waals surface area contributed by atoms with Crippen LogP contribution >= 0.6 is 0 Å². The van der Waals surface area contributed by atoms with Gasteiger partial charge in [-0.05, 0) is 44.0 Å². The smallest absolute Gasteiger partial charge is 0.227 e. The molecule has 1 fully saturated rings. The molecule has 0 radical (unpaired) electrons. The van der Waals surface area contributed by atoms with Crippen LogP contribution in [0.1, 0.15) is 18.4 Å². The molecule has 2 heterocycles. The Hall–Kier alpha value is -3.93. The summed E-state index contributed by atoms with van der Waals surface area (Å²) in [5.41, 5.74) is 4.54. The molecule has 0 unspecified atom stereocenters. The van der Waals surface area contributed by atoms with Crippen molar-refractivity contribution in [2.45, 2.75) is 19.8 Å². The van der Waals surface area contributed by atoms with Crippen LogP contribution < -0.4 is 10.2 Å². The molecule has 5 rings (SSSR count). The van der Waals surface area contributed by atoms with Gasteiger partial charge in [0.25, 0.3) is 0 Å². The SMILES string of the molecule is Cc1ccc2nc(N3CCC(C(=O)Nc4ccccc4O)CC3)nc(-c3ccccc3)c2c1. The van der Waals surface area contributed by atoms with Crippen molar-refractivity contribution in [1.82, 2.24) is 9.97 Å². The van der Waals surface area contributed by atoms with Crippen LogP contribution in [0, 0.1) is 12.8 Å². The van der Waals surface area contributed by atoms with E-state index in [4.69, 9.17) is 9.97 Å². The van der Waals surface area contributed by atoms with E-state index >= 15 is 0 Å². The summed E-state index contributed by atoms with van der Waals surface area (Å²) in [4.78, 5) is 24.7. The molecule has 1 aliphatic rings. The highest BCUT2D eigenvalue weighted by atomic mass is 16.3. The topological polar surface area (TPSA) is 78.4 Å². The van der Waals surface area contributed by atoms with Crippen LogP contribution in [0.3, 0.4) is 0 Å². The van der Waals surface area contributed by atoms with Crippen LogP contribution in [0.15, 0.2) is 72.8 Å². The number of aromatic nitrogens is 2. The molecule has 0 atom stereocenters. The molecule has 0 bridgehead atoms. The average molecular weight is 439 g/mol. The second kappa shape index (κ2) is 8.90. The van der Waals surface area contributed by atoms with Crippen molar-refractivity contribution in [2.75, 3.05) is 23.3 Å². The molecule has 1 amide bonds. The van der Waals surface area contributed by atoms with E-state index in [2.05, 4.69) is 47.5 Å². The number of rotatable bonds is 4. The van der Waals surface area contributed by atoms with Gasteiger partial charge in [0.05, 0.1) is 16.9 Å². The number of aromatic hydroxyl groups is 1. The van der Waals surface area contributed by atoms with Crippen LogP contribution in [0.4, 0.5) is 11.6 Å². The van der Waals surface area contributed by atoms with Crippen molar-refractivity contribution in [3.63, 3.8) is 0 Å². The van der Waals surface area contributed by atoms with E-state index in [1.54, 1.807) is 24.3 Å². The highest BCUT2D eigenvalue weighted by Crippen LogP contribution is 2.31. The number of carbonyl (C=O) groups is 1. The molecule has 1 saturated heterocycles. The van der Waals surface area contributed by atoms with Gasteiger partial charge < -0.3 is 15.3 Å². The van der Waals surface area contributed by atoms with Crippen LogP contribution in [-0.2, 0) is 4.79 Å². The first kappa shape index (κ1) is 20.9. The number of nitrogens with zero attached hydrogens (tertiary/aromatic N) is 3. The molecule has 4 aromatic rings. The van der Waals surface area contributed by atoms with Crippen molar-refractivity contribution in [1.29, 1.82) is 0 Å². The Morgan fingerprint density at radius 1 is 0.970 bits per heavy atom. The molecule has 166 valence electrons. The lowest BCUT2D eigenvalue weighted by Gasteiger charge is -2.31. The van der Waals surface area contributed by atoms with E-state index in [1.807, 2.05) is 18.2 Å². The lowest BCUT2D eigenvalue weighted by Crippen LogP contribution is -2.39. The molecule has 3 aromatic carbocycles. The fourth-order valence-corrected chi connectivity index (χ4v) is 4.34. The van der Waals surface area contributed by atoms with Gasteiger partial charge in [-0.15, -0.1) is 0 Å². The van der Waals surface area contributed by atoms with Gasteiger partial charge in [0.2, 0.25) is 11.9 Å². The van der Waals surface area contributed by atoms with Gasteiger partial charge in [0.1, 0.15) is 5.75 Å². The monoisotopic (exact) mass is 438 g/mol. The Labute approximate surface area is 192 Å². The Morgan fingerprint density at radius 3 is 2.45 bits per heavy atom. The average Bonchev–Trinajstić information content (AvgIpc) is 2.85. The quantitative estimate of drug-likeness (QED) is 0.430. The van der Waals surface area contributed by atoms with E-state index in [0.29, 0.717) is 37.6 Å². The van der Waals surface area contributed by atoms with Crippen molar-refractivity contribution >= 4 is 28.4 Å². The Bertz CT molecular complexity index is 1300. The summed E-state index contributed by atoms with van der Waals surface area (Å²) in [6.45, 7) is 3.47. The van der Waals surface area contributed by atoms with E-state index in [9.17, 15) is 9.90 Å². The van der Waals surface area contributed by atoms with E-state index in [0.717, 1.165) is 22.2 Å². The lowest BCUT2D eigenvalue weighted by atomic mass is 9.96. The molecule has 0 spiro atoms. The van der Waals surface area contributed by atoms with Crippen molar-refractivity contribution in [2.24, 2.45) is 5.92 Å². The fraction of sp³-hybridized carbons (Fsp3) is 0.222. The zero-order valence-corrected chi connectivity index (χ0v) is 18.5. The van der Waals surface area contributed by atoms with Gasteiger partial charge in [-0.1, -0.05) is 54.1 Å². The Morgan fingerprint density at radius 2 is 1.70 bits per heavy atom. The van der Waals surface area contributed by atoms with E-state index < -0.39 is 0 Å². The molecule has 0 saturated carbocycles. The Balaban J connectivity index is 1.37. The van der Waals surface area contributed by atoms with Gasteiger partial charge >= 0.3 is 0 Å². The van der Waals surface area contributed by atoms with Crippen LogP contribution in [0.25, 0.3) is 22.2 Å². The van der Waals surface area contributed by atoms with Gasteiger partial charge in [-0.3, -0.25) is 4.79 Å². The molecule has 1 aliphatic heterocycles. The number of hydrogen-bond acceptors (Lipinski definition) is 5. The van der Waals surface area contributed by atoms with Gasteiger partial charge in [0.15, 0.2) is 0 Å². The van der Waals surface area contributed by atoms with Crippen LogP contribution in [-0.4, -0.2) is 34.1 Å². The summed E-state index contributed by atoms with van der Waals surface area (Å²) in [6.07, 6.45) is 1.41. The predicted molar refractivity (Wildman–Crippen MR) is 131 cm³/mol. The third-order valence-corrected chi connectivity index (χ3v) is 6.20. The summed E-state index contributed by atoms with van der Waals surface area (Å²) in [5.74, 6) is 0.606. The van der Waals surface area contributed by atoms with Gasteiger partial charge in [0, 0.05) is 30.0 Å². The number of nitrogens with one attached hydrogen (secondary N) is 1. The fourth-order valence-electron chi connectivity index (χ4n) is 4.34. The standard InChI is InChI=1S/C27H26N4O2/c1-18-11-12-22-21(17-18)25(19-7-3-2-4-8-19)30-27(29-22)31-15-13-20(14-16-31)26(33)28-23-9-5-6-10-24(23)32/h2-12,17,20,32H,13-16H2,1H3,(H,28,33). The molecule has 0 aliphatic carbocycles. The lowest BCUT2D eigenvalue weighted by molar-refractivity contribution is -0.120. The third-order valence-electron chi connectivity index (χ3n) is 6.20. The third kappa shape index (κ3) is 4.37. The normalized spacial score (nSPS) is 14.4. The maximum Gasteiger partial charge on any atom is 0.227 e. The molecule has 6 heteroatoms. The van der Waals surface area contributed by atoms with Crippen LogP contribution in [0.2, 0.25) is 0 Å². The molecular weight excluding hydrogens is 412 g/mol. The molecule has 2 N–H and O–H groups in total. The molecule has 1 aromatic heterocycles. The molecule has 33 heavy (non-hydrogen) atoms. The number of aryl methyl sites for hydroxylation is 1. The molecular formula is C27H26N4O2. The number of fused-ring (bicyclic) bond motifs is 1. The number of hydrogen-bond donors (Lipinski definition) is 2. The summed E-state index contributed by atoms with van der Waals surface area (Å²) in [6, 6.07) is 23.3. The first-order valence-electron chi connectivity index (χ1n) is 11.3. The van der Waals surface area contributed by atoms with Gasteiger partial charge in [-0.25, -0.2) is 9.97 Å². The summed E-state index contributed by atoms with van der Waals surface area (Å²) in [5, 5.41) is 13.8. The first-order valence-corrected chi connectivity index (χ1v) is 11.3. The first-order chi connectivity index (χ1) is 16.1. The maximum absolute atomic E-state index is 12.7. The number of para-hydroxylation sites is 2. The van der Waals surface area contributed by atoms with Crippen molar-refractivity contribution < 1.29 is 9.90 Å². The zero-order valence-electron chi connectivity index (χ0n) is 18.5. The predicted octanol–water partition coefficient (Wildman–Crippen LogP) is 5.17. The minimum atomic E-state index is -0.113. The number of phenolic OH excluding ortho intramolecular Hbond substituents is 1. The number of piperidine rings is 1. The second-order valence-corrected chi connectivity index (χ2v) is 8.53. The maximum atomic E-state index is 12.7. The van der Waals surface area contributed by atoms with Crippen LogP contribution in [0.5, 0.6) is 5.75 Å². The number of anilines is 2. The zero-order chi connectivity index (χ0) is 22.8.